The molecule has 1 heterocycles. The minimum atomic E-state index is -0.885. The number of hydrogen-bond acceptors (Lipinski definition) is 6. The molecule has 8 nitrogen and oxygen atoms in total. The van der Waals surface area contributed by atoms with Crippen LogP contribution in [0, 0.1) is 10.1 Å². The Morgan fingerprint density at radius 2 is 2.18 bits per heavy atom. The van der Waals surface area contributed by atoms with Gasteiger partial charge in [-0.1, -0.05) is 12.1 Å². The summed E-state index contributed by atoms with van der Waals surface area (Å²) in [5.74, 6) is 0.662. The number of aromatic nitrogens is 3. The van der Waals surface area contributed by atoms with Crippen LogP contribution < -0.4 is 4.74 Å². The molecule has 0 atom stereocenters. The summed E-state index contributed by atoms with van der Waals surface area (Å²) in [6.45, 7) is 0.626. The normalized spacial score (nSPS) is 16.0. The molecule has 3 rings (SSSR count). The Hall–Kier alpha value is -2.48. The van der Waals surface area contributed by atoms with Gasteiger partial charge in [-0.25, -0.2) is 9.67 Å². The van der Waals surface area contributed by atoms with Crippen LogP contribution in [-0.4, -0.2) is 31.4 Å². The van der Waals surface area contributed by atoms with Crippen molar-refractivity contribution >= 4 is 5.69 Å². The highest BCUT2D eigenvalue weighted by atomic mass is 16.6. The molecule has 116 valence electrons. The molecule has 1 aliphatic rings. The fourth-order valence-corrected chi connectivity index (χ4v) is 2.33. The summed E-state index contributed by atoms with van der Waals surface area (Å²) in [7, 11) is 0. The lowest BCUT2D eigenvalue weighted by atomic mass is 9.80. The summed E-state index contributed by atoms with van der Waals surface area (Å²) < 4.78 is 7.01. The minimum Gasteiger partial charge on any atom is -0.485 e. The summed E-state index contributed by atoms with van der Waals surface area (Å²) in [6, 6.07) is 6.23. The van der Waals surface area contributed by atoms with Crippen molar-refractivity contribution in [3.63, 3.8) is 0 Å². The van der Waals surface area contributed by atoms with Crippen molar-refractivity contribution in [3.8, 4) is 5.75 Å². The van der Waals surface area contributed by atoms with E-state index in [4.69, 9.17) is 4.74 Å². The van der Waals surface area contributed by atoms with Crippen LogP contribution >= 0.6 is 0 Å². The number of nitro groups is 1. The molecule has 2 aromatic rings. The third-order valence-electron chi connectivity index (χ3n) is 3.77. The second-order valence-electron chi connectivity index (χ2n) is 5.29. The van der Waals surface area contributed by atoms with Gasteiger partial charge in [0.1, 0.15) is 18.5 Å². The van der Waals surface area contributed by atoms with E-state index in [-0.39, 0.29) is 18.0 Å². The summed E-state index contributed by atoms with van der Waals surface area (Å²) in [6.07, 6.45) is 3.88. The Labute approximate surface area is 126 Å². The summed E-state index contributed by atoms with van der Waals surface area (Å²) in [5, 5.41) is 25.3. The first kappa shape index (κ1) is 14.5. The molecule has 0 bridgehead atoms. The highest BCUT2D eigenvalue weighted by Crippen LogP contribution is 2.38. The lowest BCUT2D eigenvalue weighted by Crippen LogP contribution is -2.35. The Morgan fingerprint density at radius 3 is 2.86 bits per heavy atom. The van der Waals surface area contributed by atoms with Crippen molar-refractivity contribution < 1.29 is 14.8 Å². The maximum absolute atomic E-state index is 10.9. The molecule has 0 amide bonds. The number of para-hydroxylation sites is 2. The van der Waals surface area contributed by atoms with Gasteiger partial charge in [0, 0.05) is 6.07 Å². The largest absolute Gasteiger partial charge is 0.485 e. The van der Waals surface area contributed by atoms with E-state index in [9.17, 15) is 15.2 Å². The molecule has 0 radical (unpaired) electrons. The van der Waals surface area contributed by atoms with E-state index >= 15 is 0 Å². The van der Waals surface area contributed by atoms with Crippen LogP contribution in [0.5, 0.6) is 5.75 Å². The van der Waals surface area contributed by atoms with Crippen LogP contribution in [0.2, 0.25) is 0 Å². The van der Waals surface area contributed by atoms with Crippen molar-refractivity contribution in [1.82, 2.24) is 14.8 Å². The van der Waals surface area contributed by atoms with Crippen LogP contribution in [0.3, 0.4) is 0 Å². The van der Waals surface area contributed by atoms with Crippen molar-refractivity contribution in [2.45, 2.75) is 31.4 Å². The number of ether oxygens (including phenoxy) is 1. The fraction of sp³-hybridized carbons (Fsp3) is 0.429. The predicted octanol–water partition coefficient (Wildman–Crippen LogP) is 1.64. The molecule has 1 saturated carbocycles. The lowest BCUT2D eigenvalue weighted by Gasteiger charge is -2.33. The maximum atomic E-state index is 10.9. The van der Waals surface area contributed by atoms with Crippen LogP contribution in [0.25, 0.3) is 0 Å². The average Bonchev–Trinajstić information content (AvgIpc) is 2.94. The molecule has 1 fully saturated rings. The van der Waals surface area contributed by atoms with Gasteiger partial charge in [-0.15, -0.1) is 0 Å². The van der Waals surface area contributed by atoms with E-state index in [1.165, 1.54) is 12.4 Å². The van der Waals surface area contributed by atoms with Gasteiger partial charge in [0.25, 0.3) is 0 Å². The Balaban J connectivity index is 1.59. The maximum Gasteiger partial charge on any atom is 0.310 e. The molecule has 1 aromatic heterocycles. The zero-order valence-corrected chi connectivity index (χ0v) is 11.9. The monoisotopic (exact) mass is 304 g/mol. The van der Waals surface area contributed by atoms with E-state index in [2.05, 4.69) is 10.1 Å². The Kier molecular flexibility index (Phi) is 3.76. The second-order valence-corrected chi connectivity index (χ2v) is 5.29. The van der Waals surface area contributed by atoms with Gasteiger partial charge in [0.05, 0.1) is 11.5 Å². The summed E-state index contributed by atoms with van der Waals surface area (Å²) in [5.41, 5.74) is -0.949. The topological polar surface area (TPSA) is 103 Å². The standard InChI is InChI=1S/C14H16N4O4/c19-14(6-3-7-14)13-15-10-17(16-13)8-9-22-12-5-2-1-4-11(12)18(20)21/h1-2,4-5,10,19H,3,6-9H2. The van der Waals surface area contributed by atoms with Crippen LogP contribution in [-0.2, 0) is 12.1 Å². The van der Waals surface area contributed by atoms with Crippen molar-refractivity contribution in [2.75, 3.05) is 6.61 Å². The van der Waals surface area contributed by atoms with Crippen molar-refractivity contribution in [3.05, 3.63) is 46.5 Å². The van der Waals surface area contributed by atoms with Crippen molar-refractivity contribution in [1.29, 1.82) is 0 Å². The van der Waals surface area contributed by atoms with Gasteiger partial charge >= 0.3 is 5.69 Å². The Bertz CT molecular complexity index is 681. The third-order valence-corrected chi connectivity index (χ3v) is 3.77. The van der Waals surface area contributed by atoms with Gasteiger partial charge < -0.3 is 9.84 Å². The number of nitrogens with zero attached hydrogens (tertiary/aromatic N) is 4. The second kappa shape index (κ2) is 5.72. The molecule has 0 unspecified atom stereocenters. The number of rotatable bonds is 6. The van der Waals surface area contributed by atoms with Gasteiger partial charge in [0.2, 0.25) is 0 Å². The zero-order valence-electron chi connectivity index (χ0n) is 11.9. The highest BCUT2D eigenvalue weighted by molar-refractivity contribution is 5.45. The first-order valence-electron chi connectivity index (χ1n) is 7.07. The number of aliphatic hydroxyl groups is 1. The van der Waals surface area contributed by atoms with E-state index in [1.807, 2.05) is 0 Å². The first-order chi connectivity index (χ1) is 10.6. The van der Waals surface area contributed by atoms with Gasteiger partial charge in [0.15, 0.2) is 11.6 Å². The molecule has 1 aliphatic carbocycles. The van der Waals surface area contributed by atoms with Gasteiger partial charge in [-0.05, 0) is 25.3 Å². The molecule has 8 heteroatoms. The molecule has 22 heavy (non-hydrogen) atoms. The van der Waals surface area contributed by atoms with Crippen molar-refractivity contribution in [2.24, 2.45) is 0 Å². The number of benzene rings is 1. The van der Waals surface area contributed by atoms with Crippen LogP contribution in [0.1, 0.15) is 25.1 Å². The van der Waals surface area contributed by atoms with Gasteiger partial charge in [-0.2, -0.15) is 5.10 Å². The SMILES string of the molecule is O=[N+]([O-])c1ccccc1OCCn1cnc(C2(O)CCC2)n1. The molecular formula is C14H16N4O4. The lowest BCUT2D eigenvalue weighted by molar-refractivity contribution is -0.385. The first-order valence-corrected chi connectivity index (χ1v) is 7.07. The number of hydrogen-bond donors (Lipinski definition) is 1. The van der Waals surface area contributed by atoms with Crippen LogP contribution in [0.4, 0.5) is 5.69 Å². The van der Waals surface area contributed by atoms with Crippen LogP contribution in [0.15, 0.2) is 30.6 Å². The van der Waals surface area contributed by atoms with E-state index in [1.54, 1.807) is 22.9 Å². The van der Waals surface area contributed by atoms with E-state index < -0.39 is 10.5 Å². The molecular weight excluding hydrogens is 288 g/mol. The fourth-order valence-electron chi connectivity index (χ4n) is 2.33. The predicted molar refractivity (Wildman–Crippen MR) is 76.4 cm³/mol. The van der Waals surface area contributed by atoms with Gasteiger partial charge in [-0.3, -0.25) is 10.1 Å². The highest BCUT2D eigenvalue weighted by Gasteiger charge is 2.39. The quantitative estimate of drug-likeness (QED) is 0.642. The summed E-state index contributed by atoms with van der Waals surface area (Å²) in [4.78, 5) is 14.5. The molecule has 0 spiro atoms. The van der Waals surface area contributed by atoms with E-state index in [0.29, 0.717) is 25.2 Å². The molecule has 0 aliphatic heterocycles. The Morgan fingerprint density at radius 1 is 1.41 bits per heavy atom. The molecule has 1 aromatic carbocycles. The summed E-state index contributed by atoms with van der Waals surface area (Å²) >= 11 is 0. The smallest absolute Gasteiger partial charge is 0.310 e. The third kappa shape index (κ3) is 2.77. The average molecular weight is 304 g/mol. The minimum absolute atomic E-state index is 0.0643. The zero-order chi connectivity index (χ0) is 15.6. The molecule has 1 N–H and O–H groups in total. The molecule has 0 saturated heterocycles. The van der Waals surface area contributed by atoms with E-state index in [0.717, 1.165) is 6.42 Å². The number of nitro benzene ring substituents is 1.